The first-order valence-corrected chi connectivity index (χ1v) is 18.5. The molecule has 0 N–H and O–H groups in total. The van der Waals surface area contributed by atoms with E-state index in [0.29, 0.717) is 0 Å². The van der Waals surface area contributed by atoms with E-state index in [1.165, 1.54) is 60.0 Å². The van der Waals surface area contributed by atoms with Crippen molar-refractivity contribution in [3.63, 3.8) is 0 Å². The van der Waals surface area contributed by atoms with Gasteiger partial charge in [-0.2, -0.15) is 0 Å². The Bertz CT molecular complexity index is 3200. The van der Waals surface area contributed by atoms with Crippen LogP contribution in [0.3, 0.4) is 0 Å². The highest BCUT2D eigenvalue weighted by Gasteiger charge is 2.20. The molecule has 54 heavy (non-hydrogen) atoms. The van der Waals surface area contributed by atoms with Gasteiger partial charge in [-0.3, -0.25) is 0 Å². The maximum absolute atomic E-state index is 6.54. The van der Waals surface area contributed by atoms with E-state index in [2.05, 4.69) is 205 Å². The number of furan rings is 1. The Kier molecular flexibility index (Phi) is 6.90. The van der Waals surface area contributed by atoms with Gasteiger partial charge in [0, 0.05) is 32.9 Å². The van der Waals surface area contributed by atoms with Crippen LogP contribution in [0.15, 0.2) is 205 Å². The van der Waals surface area contributed by atoms with Crippen LogP contribution < -0.4 is 4.90 Å². The molecule has 0 saturated carbocycles. The average molecular weight is 688 g/mol. The van der Waals surface area contributed by atoms with Crippen molar-refractivity contribution in [2.75, 3.05) is 4.90 Å². The van der Waals surface area contributed by atoms with Crippen LogP contribution in [0.4, 0.5) is 17.1 Å². The maximum atomic E-state index is 6.54. The number of hydrogen-bond acceptors (Lipinski definition) is 2. The van der Waals surface area contributed by atoms with E-state index >= 15 is 0 Å². The molecule has 11 rings (SSSR count). The van der Waals surface area contributed by atoms with Crippen LogP contribution in [0, 0.1) is 0 Å². The molecular formula is C52H33NO. The fourth-order valence-corrected chi connectivity index (χ4v) is 8.40. The molecule has 0 radical (unpaired) electrons. The zero-order valence-corrected chi connectivity index (χ0v) is 29.4. The molecule has 0 aliphatic carbocycles. The molecule has 0 spiro atoms. The quantitative estimate of drug-likeness (QED) is 0.168. The lowest BCUT2D eigenvalue weighted by molar-refractivity contribution is 0.672. The van der Waals surface area contributed by atoms with Gasteiger partial charge in [0.15, 0.2) is 0 Å². The zero-order valence-electron chi connectivity index (χ0n) is 29.4. The van der Waals surface area contributed by atoms with Gasteiger partial charge in [0.2, 0.25) is 0 Å². The SMILES string of the molecule is c1ccc2c(-c3ccc(-c4ccc(N(c5ccc6oc7c8ccccc8ccc7c6c5)c5cc6ccccc6c6ccccc56)cc4)cc3)cccc2c1. The van der Waals surface area contributed by atoms with Gasteiger partial charge in [-0.1, -0.05) is 158 Å². The van der Waals surface area contributed by atoms with E-state index in [9.17, 15) is 0 Å². The second-order valence-corrected chi connectivity index (χ2v) is 14.1. The number of rotatable bonds is 5. The second kappa shape index (κ2) is 12.2. The van der Waals surface area contributed by atoms with Crippen molar-refractivity contribution in [2.45, 2.75) is 0 Å². The summed E-state index contributed by atoms with van der Waals surface area (Å²) in [5.74, 6) is 0. The van der Waals surface area contributed by atoms with Crippen molar-refractivity contribution in [1.82, 2.24) is 0 Å². The van der Waals surface area contributed by atoms with Crippen molar-refractivity contribution in [1.29, 1.82) is 0 Å². The molecule has 0 fully saturated rings. The topological polar surface area (TPSA) is 16.4 Å². The fourth-order valence-electron chi connectivity index (χ4n) is 8.40. The molecule has 1 heterocycles. The van der Waals surface area contributed by atoms with Crippen molar-refractivity contribution >= 4 is 82.1 Å². The highest BCUT2D eigenvalue weighted by atomic mass is 16.3. The third-order valence-electron chi connectivity index (χ3n) is 11.0. The van der Waals surface area contributed by atoms with Crippen LogP contribution in [0.5, 0.6) is 0 Å². The van der Waals surface area contributed by atoms with Gasteiger partial charge < -0.3 is 9.32 Å². The van der Waals surface area contributed by atoms with Crippen LogP contribution in [0.1, 0.15) is 0 Å². The van der Waals surface area contributed by atoms with Gasteiger partial charge >= 0.3 is 0 Å². The van der Waals surface area contributed by atoms with E-state index in [1.54, 1.807) is 0 Å². The minimum Gasteiger partial charge on any atom is -0.455 e. The third kappa shape index (κ3) is 4.88. The molecule has 0 saturated heterocycles. The lowest BCUT2D eigenvalue weighted by atomic mass is 9.96. The van der Waals surface area contributed by atoms with E-state index < -0.39 is 0 Å². The van der Waals surface area contributed by atoms with Crippen LogP contribution >= 0.6 is 0 Å². The fraction of sp³-hybridized carbons (Fsp3) is 0. The summed E-state index contributed by atoms with van der Waals surface area (Å²) in [6.45, 7) is 0. The first-order valence-electron chi connectivity index (χ1n) is 18.5. The highest BCUT2D eigenvalue weighted by molar-refractivity contribution is 6.17. The molecule has 0 aliphatic heterocycles. The molecular weight excluding hydrogens is 655 g/mol. The molecule has 252 valence electrons. The van der Waals surface area contributed by atoms with Crippen LogP contribution in [0.2, 0.25) is 0 Å². The Morgan fingerprint density at radius 2 is 0.889 bits per heavy atom. The van der Waals surface area contributed by atoms with E-state index in [4.69, 9.17) is 4.42 Å². The minimum atomic E-state index is 0.885. The largest absolute Gasteiger partial charge is 0.455 e. The average Bonchev–Trinajstić information content (AvgIpc) is 3.63. The summed E-state index contributed by atoms with van der Waals surface area (Å²) in [7, 11) is 0. The first-order chi connectivity index (χ1) is 26.8. The minimum absolute atomic E-state index is 0.885. The monoisotopic (exact) mass is 687 g/mol. The number of benzene rings is 10. The molecule has 2 heteroatoms. The standard InChI is InChI=1S/C52H33NO/c1-4-14-42-36(10-1)13-9-19-43(42)38-22-20-34(21-23-38)35-24-27-40(28-25-35)53(50-32-39-12-3-5-15-44(39)46-17-7-8-18-47(46)50)41-29-31-51-49(33-41)48-30-26-37-11-2-6-16-45(37)52(48)54-51/h1-33H. The van der Waals surface area contributed by atoms with Crippen LogP contribution in [-0.2, 0) is 0 Å². The normalized spacial score (nSPS) is 11.7. The van der Waals surface area contributed by atoms with Crippen molar-refractivity contribution in [3.8, 4) is 22.3 Å². The van der Waals surface area contributed by atoms with Gasteiger partial charge in [-0.05, 0) is 97.0 Å². The smallest absolute Gasteiger partial charge is 0.143 e. The zero-order chi connectivity index (χ0) is 35.6. The van der Waals surface area contributed by atoms with Crippen molar-refractivity contribution < 1.29 is 4.42 Å². The Hall–Kier alpha value is -7.16. The number of nitrogens with zero attached hydrogens (tertiary/aromatic N) is 1. The molecule has 1 aromatic heterocycles. The molecule has 0 bridgehead atoms. The van der Waals surface area contributed by atoms with Crippen LogP contribution in [-0.4, -0.2) is 0 Å². The molecule has 0 atom stereocenters. The van der Waals surface area contributed by atoms with Crippen molar-refractivity contribution in [3.05, 3.63) is 200 Å². The summed E-state index contributed by atoms with van der Waals surface area (Å²) < 4.78 is 6.54. The van der Waals surface area contributed by atoms with Gasteiger partial charge in [0.05, 0.1) is 5.69 Å². The lowest BCUT2D eigenvalue weighted by Gasteiger charge is -2.28. The summed E-state index contributed by atoms with van der Waals surface area (Å²) in [5, 5.41) is 12.0. The van der Waals surface area contributed by atoms with Gasteiger partial charge in [0.1, 0.15) is 11.2 Å². The summed E-state index contributed by atoms with van der Waals surface area (Å²) in [6, 6.07) is 72.3. The van der Waals surface area contributed by atoms with Crippen molar-refractivity contribution in [2.24, 2.45) is 0 Å². The predicted octanol–water partition coefficient (Wildman–Crippen LogP) is 15.0. The third-order valence-corrected chi connectivity index (χ3v) is 11.0. The molecule has 2 nitrogen and oxygen atoms in total. The second-order valence-electron chi connectivity index (χ2n) is 14.1. The Labute approximate surface area is 312 Å². The van der Waals surface area contributed by atoms with E-state index in [-0.39, 0.29) is 0 Å². The molecule has 0 unspecified atom stereocenters. The Morgan fingerprint density at radius 1 is 0.315 bits per heavy atom. The molecule has 0 aliphatic rings. The molecule has 10 aromatic carbocycles. The first kappa shape index (κ1) is 30.5. The van der Waals surface area contributed by atoms with Gasteiger partial charge in [-0.15, -0.1) is 0 Å². The maximum Gasteiger partial charge on any atom is 0.143 e. The Morgan fingerprint density at radius 3 is 1.67 bits per heavy atom. The molecule has 11 aromatic rings. The van der Waals surface area contributed by atoms with Crippen LogP contribution in [0.25, 0.3) is 87.3 Å². The van der Waals surface area contributed by atoms with Gasteiger partial charge in [0.25, 0.3) is 0 Å². The summed E-state index contributed by atoms with van der Waals surface area (Å²) >= 11 is 0. The molecule has 0 amide bonds. The summed E-state index contributed by atoms with van der Waals surface area (Å²) in [5.41, 5.74) is 9.95. The Balaban J connectivity index is 1.06. The van der Waals surface area contributed by atoms with Gasteiger partial charge in [-0.25, -0.2) is 0 Å². The number of fused-ring (bicyclic) bond motifs is 9. The number of anilines is 3. The summed E-state index contributed by atoms with van der Waals surface area (Å²) in [6.07, 6.45) is 0. The predicted molar refractivity (Wildman–Crippen MR) is 229 cm³/mol. The summed E-state index contributed by atoms with van der Waals surface area (Å²) in [4.78, 5) is 2.40. The highest BCUT2D eigenvalue weighted by Crippen LogP contribution is 2.44. The lowest BCUT2D eigenvalue weighted by Crippen LogP contribution is -2.10. The van der Waals surface area contributed by atoms with E-state index in [0.717, 1.165) is 44.4 Å². The van der Waals surface area contributed by atoms with E-state index in [1.807, 2.05) is 0 Å². The number of hydrogen-bond donors (Lipinski definition) is 0.